The highest BCUT2D eigenvalue weighted by atomic mass is 16.7. The normalized spacial score (nSPS) is 35.6. The second-order valence-corrected chi connectivity index (χ2v) is 4.82. The van der Waals surface area contributed by atoms with Crippen LogP contribution in [0.15, 0.2) is 0 Å². The lowest BCUT2D eigenvalue weighted by Crippen LogP contribution is -2.58. The minimum atomic E-state index is -1.68. The molecule has 2 unspecified atom stereocenters. The first kappa shape index (κ1) is 17.3. The molecule has 0 aromatic rings. The monoisotopic (exact) mass is 294 g/mol. The number of esters is 1. The van der Waals surface area contributed by atoms with Crippen LogP contribution in [0.3, 0.4) is 0 Å². The van der Waals surface area contributed by atoms with E-state index in [1.807, 2.05) is 6.92 Å². The number of hydrogen-bond donors (Lipinski definition) is 5. The lowest BCUT2D eigenvalue weighted by Gasteiger charge is -2.37. The minimum absolute atomic E-state index is 0.271. The Labute approximate surface area is 116 Å². The van der Waals surface area contributed by atoms with E-state index in [0.717, 1.165) is 6.42 Å². The van der Waals surface area contributed by atoms with Crippen molar-refractivity contribution in [3.63, 3.8) is 0 Å². The van der Waals surface area contributed by atoms with E-state index in [-0.39, 0.29) is 6.42 Å². The van der Waals surface area contributed by atoms with E-state index in [0.29, 0.717) is 6.42 Å². The van der Waals surface area contributed by atoms with E-state index in [1.165, 1.54) is 0 Å². The molecular weight excluding hydrogens is 272 g/mol. The van der Waals surface area contributed by atoms with E-state index < -0.39 is 49.4 Å². The summed E-state index contributed by atoms with van der Waals surface area (Å²) in [4.78, 5) is 11.4. The smallest absolute Gasteiger partial charge is 0.335 e. The lowest BCUT2D eigenvalue weighted by molar-refractivity contribution is -0.287. The van der Waals surface area contributed by atoms with Gasteiger partial charge in [-0.1, -0.05) is 19.8 Å². The van der Waals surface area contributed by atoms with Crippen LogP contribution in [0.25, 0.3) is 0 Å². The molecule has 1 fully saturated rings. The number of unbranched alkanes of at least 4 members (excludes halogenated alkanes) is 1. The molecule has 1 rings (SSSR count). The Balaban J connectivity index is 2.42. The third-order valence-corrected chi connectivity index (χ3v) is 3.18. The Morgan fingerprint density at radius 1 is 1.20 bits per heavy atom. The second kappa shape index (κ2) is 7.87. The van der Waals surface area contributed by atoms with Crippen molar-refractivity contribution in [2.75, 3.05) is 6.61 Å². The fraction of sp³-hybridized carbons (Fsp3) is 0.917. The van der Waals surface area contributed by atoms with E-state index in [1.54, 1.807) is 0 Å². The van der Waals surface area contributed by atoms with Crippen LogP contribution in [-0.4, -0.2) is 74.9 Å². The summed E-state index contributed by atoms with van der Waals surface area (Å²) in [5, 5.41) is 47.1. The molecule has 0 aliphatic carbocycles. The number of ether oxygens (including phenoxy) is 2. The Morgan fingerprint density at radius 3 is 2.45 bits per heavy atom. The third kappa shape index (κ3) is 4.37. The summed E-state index contributed by atoms with van der Waals surface area (Å²) >= 11 is 0. The molecule has 8 nitrogen and oxygen atoms in total. The van der Waals surface area contributed by atoms with Crippen molar-refractivity contribution in [3.8, 4) is 0 Å². The van der Waals surface area contributed by atoms with Gasteiger partial charge < -0.3 is 35.0 Å². The maximum Gasteiger partial charge on any atom is 0.335 e. The van der Waals surface area contributed by atoms with E-state index in [4.69, 9.17) is 9.47 Å². The number of aliphatic hydroxyl groups is 5. The zero-order chi connectivity index (χ0) is 15.3. The van der Waals surface area contributed by atoms with E-state index in [9.17, 15) is 30.3 Å². The molecule has 0 aromatic carbocycles. The SMILES string of the molecule is CCCCC(O)C(=O)OC[C@H]1OC(O)[C@H](O)[C@@H](O)[C@@H]1O. The summed E-state index contributed by atoms with van der Waals surface area (Å²) in [7, 11) is 0. The fourth-order valence-corrected chi connectivity index (χ4v) is 1.84. The summed E-state index contributed by atoms with van der Waals surface area (Å²) < 4.78 is 9.59. The van der Waals surface area contributed by atoms with Crippen molar-refractivity contribution >= 4 is 5.97 Å². The summed E-state index contributed by atoms with van der Waals surface area (Å²) in [5.41, 5.74) is 0. The van der Waals surface area contributed by atoms with Crippen LogP contribution in [0.5, 0.6) is 0 Å². The topological polar surface area (TPSA) is 137 Å². The van der Waals surface area contributed by atoms with Gasteiger partial charge in [-0.25, -0.2) is 4.79 Å². The maximum atomic E-state index is 11.4. The molecule has 20 heavy (non-hydrogen) atoms. The van der Waals surface area contributed by atoms with Crippen LogP contribution in [0.2, 0.25) is 0 Å². The molecule has 5 N–H and O–H groups in total. The van der Waals surface area contributed by atoms with Crippen molar-refractivity contribution in [2.45, 2.75) is 63.0 Å². The van der Waals surface area contributed by atoms with Crippen LogP contribution >= 0.6 is 0 Å². The van der Waals surface area contributed by atoms with Crippen LogP contribution in [0.4, 0.5) is 0 Å². The summed E-state index contributed by atoms with van der Waals surface area (Å²) in [6.45, 7) is 1.47. The van der Waals surface area contributed by atoms with Crippen molar-refractivity contribution in [3.05, 3.63) is 0 Å². The Morgan fingerprint density at radius 2 is 1.85 bits per heavy atom. The van der Waals surface area contributed by atoms with Gasteiger partial charge in [-0.05, 0) is 6.42 Å². The van der Waals surface area contributed by atoms with Crippen LogP contribution in [0.1, 0.15) is 26.2 Å². The first-order chi connectivity index (χ1) is 9.38. The highest BCUT2D eigenvalue weighted by molar-refractivity contribution is 5.74. The number of rotatable bonds is 6. The van der Waals surface area contributed by atoms with Gasteiger partial charge in [0.15, 0.2) is 12.4 Å². The predicted octanol–water partition coefficient (Wildman–Crippen LogP) is -2.12. The molecule has 0 aromatic heterocycles. The quantitative estimate of drug-likeness (QED) is 0.351. The fourth-order valence-electron chi connectivity index (χ4n) is 1.84. The zero-order valence-corrected chi connectivity index (χ0v) is 11.3. The van der Waals surface area contributed by atoms with E-state index in [2.05, 4.69) is 0 Å². The minimum Gasteiger partial charge on any atom is -0.461 e. The third-order valence-electron chi connectivity index (χ3n) is 3.18. The molecule has 1 saturated heterocycles. The molecule has 8 heteroatoms. The van der Waals surface area contributed by atoms with Gasteiger partial charge in [0, 0.05) is 0 Å². The first-order valence-corrected chi connectivity index (χ1v) is 6.60. The van der Waals surface area contributed by atoms with Crippen molar-refractivity contribution in [1.29, 1.82) is 0 Å². The summed E-state index contributed by atoms with van der Waals surface area (Å²) in [6, 6.07) is 0. The van der Waals surface area contributed by atoms with Gasteiger partial charge in [0.1, 0.15) is 31.0 Å². The average Bonchev–Trinajstić information content (AvgIpc) is 2.44. The van der Waals surface area contributed by atoms with Gasteiger partial charge in [-0.3, -0.25) is 0 Å². The van der Waals surface area contributed by atoms with Crippen molar-refractivity contribution in [2.24, 2.45) is 0 Å². The van der Waals surface area contributed by atoms with Crippen LogP contribution in [0, 0.1) is 0 Å². The molecule has 0 amide bonds. The molecule has 0 saturated carbocycles. The molecule has 6 atom stereocenters. The summed E-state index contributed by atoms with van der Waals surface area (Å²) in [6.07, 6.45) is -7.08. The van der Waals surface area contributed by atoms with Crippen LogP contribution < -0.4 is 0 Å². The van der Waals surface area contributed by atoms with Gasteiger partial charge >= 0.3 is 5.97 Å². The Hall–Kier alpha value is -0.770. The predicted molar refractivity (Wildman–Crippen MR) is 65.4 cm³/mol. The Kier molecular flexibility index (Phi) is 6.80. The standard InChI is InChI=1S/C12H22O8/c1-2-3-4-6(13)11(17)19-5-7-8(14)9(15)10(16)12(18)20-7/h6-10,12-16,18H,2-5H2,1H3/t6?,7-,8-,9+,10-,12?/m1/s1. The number of hydrogen-bond acceptors (Lipinski definition) is 8. The molecule has 1 aliphatic heterocycles. The molecule has 0 bridgehead atoms. The zero-order valence-electron chi connectivity index (χ0n) is 11.3. The molecular formula is C12H22O8. The van der Waals surface area contributed by atoms with Crippen molar-refractivity contribution in [1.82, 2.24) is 0 Å². The highest BCUT2D eigenvalue weighted by Gasteiger charge is 2.43. The molecule has 1 heterocycles. The molecule has 0 radical (unpaired) electrons. The second-order valence-electron chi connectivity index (χ2n) is 4.82. The lowest BCUT2D eigenvalue weighted by atomic mass is 9.99. The number of carbonyl (C=O) groups excluding carboxylic acids is 1. The van der Waals surface area contributed by atoms with Gasteiger partial charge in [-0.15, -0.1) is 0 Å². The van der Waals surface area contributed by atoms with Gasteiger partial charge in [0.05, 0.1) is 0 Å². The van der Waals surface area contributed by atoms with E-state index >= 15 is 0 Å². The van der Waals surface area contributed by atoms with Gasteiger partial charge in [0.25, 0.3) is 0 Å². The molecule has 118 valence electrons. The average molecular weight is 294 g/mol. The van der Waals surface area contributed by atoms with Crippen molar-refractivity contribution < 1.29 is 39.8 Å². The van der Waals surface area contributed by atoms with Crippen LogP contribution in [-0.2, 0) is 14.3 Å². The first-order valence-electron chi connectivity index (χ1n) is 6.60. The highest BCUT2D eigenvalue weighted by Crippen LogP contribution is 2.20. The van der Waals surface area contributed by atoms with Gasteiger partial charge in [-0.2, -0.15) is 0 Å². The largest absolute Gasteiger partial charge is 0.461 e. The number of carbonyl (C=O) groups is 1. The Bertz CT molecular complexity index is 310. The number of aliphatic hydroxyl groups excluding tert-OH is 5. The summed E-state index contributed by atoms with van der Waals surface area (Å²) in [5.74, 6) is -0.857. The molecule has 1 aliphatic rings. The maximum absolute atomic E-state index is 11.4. The van der Waals surface area contributed by atoms with Gasteiger partial charge in [0.2, 0.25) is 0 Å². The molecule has 0 spiro atoms.